The number of hydrogen-bond donors (Lipinski definition) is 1. The number of hydrogen-bond acceptors (Lipinski definition) is 3. The van der Waals surface area contributed by atoms with E-state index in [0.717, 1.165) is 22.9 Å². The minimum Gasteiger partial charge on any atom is -0.383 e. The summed E-state index contributed by atoms with van der Waals surface area (Å²) in [5, 5.41) is 4.60. The molecule has 1 unspecified atom stereocenters. The lowest BCUT2D eigenvalue weighted by Crippen LogP contribution is -2.00. The molecule has 94 valence electrons. The number of anilines is 1. The molecule has 0 saturated heterocycles. The lowest BCUT2D eigenvalue weighted by molar-refractivity contribution is 0.622. The highest BCUT2D eigenvalue weighted by Gasteiger charge is 2.33. The van der Waals surface area contributed by atoms with E-state index in [0.29, 0.717) is 11.7 Å². The minimum absolute atomic E-state index is 0.463. The highest BCUT2D eigenvalue weighted by Crippen LogP contribution is 2.45. The van der Waals surface area contributed by atoms with Crippen LogP contribution in [0.2, 0.25) is 0 Å². The van der Waals surface area contributed by atoms with Crippen LogP contribution in [0.3, 0.4) is 0 Å². The maximum atomic E-state index is 6.15. The highest BCUT2D eigenvalue weighted by atomic mass is 15.3. The smallest absolute Gasteiger partial charge is 0.131 e. The van der Waals surface area contributed by atoms with Crippen molar-refractivity contribution in [2.45, 2.75) is 25.7 Å². The van der Waals surface area contributed by atoms with Crippen LogP contribution >= 0.6 is 0 Å². The van der Waals surface area contributed by atoms with Crippen molar-refractivity contribution in [3.8, 4) is 11.3 Å². The molecule has 1 atom stereocenters. The van der Waals surface area contributed by atoms with Crippen LogP contribution in [0.15, 0.2) is 24.4 Å². The van der Waals surface area contributed by atoms with Crippen LogP contribution in [0, 0.1) is 5.92 Å². The van der Waals surface area contributed by atoms with Gasteiger partial charge in [-0.2, -0.15) is 5.10 Å². The largest absolute Gasteiger partial charge is 0.383 e. The number of pyridine rings is 1. The van der Waals surface area contributed by atoms with Crippen LogP contribution in [0.4, 0.5) is 5.82 Å². The first-order valence-electron chi connectivity index (χ1n) is 6.42. The fourth-order valence-corrected chi connectivity index (χ4v) is 2.47. The molecule has 1 aliphatic rings. The Balaban J connectivity index is 2.12. The van der Waals surface area contributed by atoms with E-state index in [1.165, 1.54) is 12.8 Å². The van der Waals surface area contributed by atoms with Crippen molar-refractivity contribution in [1.29, 1.82) is 0 Å². The Labute approximate surface area is 107 Å². The first-order chi connectivity index (χ1) is 8.68. The summed E-state index contributed by atoms with van der Waals surface area (Å²) >= 11 is 0. The van der Waals surface area contributed by atoms with Crippen molar-refractivity contribution in [3.05, 3.63) is 30.1 Å². The number of rotatable bonds is 3. The van der Waals surface area contributed by atoms with Crippen molar-refractivity contribution in [2.24, 2.45) is 13.0 Å². The Bertz CT molecular complexity index is 555. The first-order valence-corrected chi connectivity index (χ1v) is 6.42. The van der Waals surface area contributed by atoms with Gasteiger partial charge in [0.05, 0.1) is 17.0 Å². The van der Waals surface area contributed by atoms with Gasteiger partial charge in [-0.25, -0.2) is 0 Å². The van der Waals surface area contributed by atoms with Crippen LogP contribution in [-0.4, -0.2) is 14.8 Å². The van der Waals surface area contributed by atoms with Crippen molar-refractivity contribution >= 4 is 5.82 Å². The quantitative estimate of drug-likeness (QED) is 0.900. The number of aromatic nitrogens is 3. The molecule has 1 saturated carbocycles. The number of aryl methyl sites for hydroxylation is 1. The average Bonchev–Trinajstić information content (AvgIpc) is 3.18. The van der Waals surface area contributed by atoms with E-state index in [4.69, 9.17) is 5.73 Å². The van der Waals surface area contributed by atoms with E-state index in [9.17, 15) is 0 Å². The SMILES string of the molecule is CC(c1nn(C)c(N)c1-c1ccccn1)C1CC1. The second-order valence-corrected chi connectivity index (χ2v) is 5.11. The summed E-state index contributed by atoms with van der Waals surface area (Å²) in [6.07, 6.45) is 4.41. The van der Waals surface area contributed by atoms with Gasteiger partial charge in [0.25, 0.3) is 0 Å². The fourth-order valence-electron chi connectivity index (χ4n) is 2.47. The van der Waals surface area contributed by atoms with Crippen LogP contribution in [0.1, 0.15) is 31.4 Å². The maximum Gasteiger partial charge on any atom is 0.131 e. The Kier molecular flexibility index (Phi) is 2.58. The maximum absolute atomic E-state index is 6.15. The van der Waals surface area contributed by atoms with Crippen molar-refractivity contribution in [1.82, 2.24) is 14.8 Å². The summed E-state index contributed by atoms with van der Waals surface area (Å²) in [5.41, 5.74) is 9.18. The van der Waals surface area contributed by atoms with Gasteiger partial charge in [0, 0.05) is 19.2 Å². The molecule has 2 N–H and O–H groups in total. The van der Waals surface area contributed by atoms with Gasteiger partial charge in [-0.3, -0.25) is 9.67 Å². The molecule has 0 spiro atoms. The van der Waals surface area contributed by atoms with Gasteiger partial charge in [0.2, 0.25) is 0 Å². The number of nitrogens with two attached hydrogens (primary N) is 1. The summed E-state index contributed by atoms with van der Waals surface area (Å²) in [6, 6.07) is 5.90. The number of nitrogen functional groups attached to an aromatic ring is 1. The molecular formula is C14H18N4. The second-order valence-electron chi connectivity index (χ2n) is 5.11. The zero-order valence-electron chi connectivity index (χ0n) is 10.8. The van der Waals surface area contributed by atoms with E-state index >= 15 is 0 Å². The summed E-state index contributed by atoms with van der Waals surface area (Å²) in [7, 11) is 1.89. The molecule has 1 fully saturated rings. The average molecular weight is 242 g/mol. The van der Waals surface area contributed by atoms with Gasteiger partial charge in [-0.15, -0.1) is 0 Å². The minimum atomic E-state index is 0.463. The lowest BCUT2D eigenvalue weighted by Gasteiger charge is -2.09. The third-order valence-electron chi connectivity index (χ3n) is 3.80. The summed E-state index contributed by atoms with van der Waals surface area (Å²) in [4.78, 5) is 4.41. The molecule has 4 nitrogen and oxygen atoms in total. The molecular weight excluding hydrogens is 224 g/mol. The van der Waals surface area contributed by atoms with E-state index < -0.39 is 0 Å². The molecule has 0 amide bonds. The summed E-state index contributed by atoms with van der Waals surface area (Å²) in [5.74, 6) is 1.93. The molecule has 0 radical (unpaired) electrons. The van der Waals surface area contributed by atoms with Gasteiger partial charge in [0.1, 0.15) is 5.82 Å². The summed E-state index contributed by atoms with van der Waals surface area (Å²) < 4.78 is 1.76. The topological polar surface area (TPSA) is 56.7 Å². The Hall–Kier alpha value is -1.84. The van der Waals surface area contributed by atoms with Crippen LogP contribution in [-0.2, 0) is 7.05 Å². The molecule has 1 aliphatic carbocycles. The number of nitrogens with zero attached hydrogens (tertiary/aromatic N) is 3. The molecule has 4 heteroatoms. The monoisotopic (exact) mass is 242 g/mol. The van der Waals surface area contributed by atoms with Crippen LogP contribution in [0.5, 0.6) is 0 Å². The lowest BCUT2D eigenvalue weighted by atomic mass is 9.97. The molecule has 3 rings (SSSR count). The van der Waals surface area contributed by atoms with E-state index in [2.05, 4.69) is 17.0 Å². The van der Waals surface area contributed by atoms with Crippen molar-refractivity contribution in [2.75, 3.05) is 5.73 Å². The molecule has 0 bridgehead atoms. The Morgan fingerprint density at radius 3 is 2.78 bits per heavy atom. The highest BCUT2D eigenvalue weighted by molar-refractivity contribution is 5.74. The van der Waals surface area contributed by atoms with Gasteiger partial charge in [-0.05, 0) is 30.9 Å². The Morgan fingerprint density at radius 2 is 2.17 bits per heavy atom. The molecule has 0 aromatic carbocycles. The molecule has 2 aromatic rings. The van der Waals surface area contributed by atoms with Crippen LogP contribution < -0.4 is 5.73 Å². The van der Waals surface area contributed by atoms with Gasteiger partial charge in [0.15, 0.2) is 0 Å². The van der Waals surface area contributed by atoms with E-state index in [1.807, 2.05) is 25.2 Å². The first kappa shape index (κ1) is 11.3. The predicted octanol–water partition coefficient (Wildman–Crippen LogP) is 2.58. The molecule has 0 aliphatic heterocycles. The van der Waals surface area contributed by atoms with Crippen molar-refractivity contribution in [3.63, 3.8) is 0 Å². The van der Waals surface area contributed by atoms with Crippen LogP contribution in [0.25, 0.3) is 11.3 Å². The molecule has 18 heavy (non-hydrogen) atoms. The fraction of sp³-hybridized carbons (Fsp3) is 0.429. The summed E-state index contributed by atoms with van der Waals surface area (Å²) in [6.45, 7) is 2.24. The van der Waals surface area contributed by atoms with E-state index in [-0.39, 0.29) is 0 Å². The second kappa shape index (κ2) is 4.12. The third-order valence-corrected chi connectivity index (χ3v) is 3.80. The predicted molar refractivity (Wildman–Crippen MR) is 72.0 cm³/mol. The third kappa shape index (κ3) is 1.78. The van der Waals surface area contributed by atoms with E-state index in [1.54, 1.807) is 10.9 Å². The van der Waals surface area contributed by atoms with Crippen molar-refractivity contribution < 1.29 is 0 Å². The standard InChI is InChI=1S/C14H18N4/c1-9(10-6-7-10)13-12(14(15)18(2)17-13)11-5-3-4-8-16-11/h3-5,8-10H,6-7,15H2,1-2H3. The Morgan fingerprint density at radius 1 is 1.39 bits per heavy atom. The molecule has 2 aromatic heterocycles. The molecule has 2 heterocycles. The van der Waals surface area contributed by atoms with Gasteiger partial charge >= 0.3 is 0 Å². The normalized spacial score (nSPS) is 16.8. The van der Waals surface area contributed by atoms with Gasteiger partial charge in [-0.1, -0.05) is 13.0 Å². The zero-order chi connectivity index (χ0) is 12.7. The van der Waals surface area contributed by atoms with Gasteiger partial charge < -0.3 is 5.73 Å². The zero-order valence-corrected chi connectivity index (χ0v) is 10.8.